The number of carbonyl (C=O) groups excluding carboxylic acids is 2. The summed E-state index contributed by atoms with van der Waals surface area (Å²) in [5, 5.41) is 0. The zero-order valence-electron chi connectivity index (χ0n) is 14.8. The molecule has 0 aromatic heterocycles. The molecular formula is C17H34N2O2. The van der Waals surface area contributed by atoms with Gasteiger partial charge in [-0.25, -0.2) is 0 Å². The van der Waals surface area contributed by atoms with Gasteiger partial charge < -0.3 is 9.80 Å². The molecule has 4 heteroatoms. The molecule has 0 saturated carbocycles. The van der Waals surface area contributed by atoms with Gasteiger partial charge in [-0.05, 0) is 19.3 Å². The zero-order chi connectivity index (χ0) is 16.4. The molecular weight excluding hydrogens is 264 g/mol. The molecule has 0 heterocycles. The lowest BCUT2D eigenvalue weighted by atomic mass is 9.96. The number of hydrogen-bond donors (Lipinski definition) is 0. The lowest BCUT2D eigenvalue weighted by Gasteiger charge is -2.27. The van der Waals surface area contributed by atoms with Gasteiger partial charge in [-0.1, -0.05) is 40.5 Å². The van der Waals surface area contributed by atoms with E-state index in [0.717, 1.165) is 38.6 Å². The summed E-state index contributed by atoms with van der Waals surface area (Å²) in [6.07, 6.45) is 4.89. The molecule has 0 N–H and O–H groups in total. The Kier molecular flexibility index (Phi) is 10.1. The highest BCUT2D eigenvalue weighted by Gasteiger charge is 2.24. The zero-order valence-corrected chi connectivity index (χ0v) is 14.8. The summed E-state index contributed by atoms with van der Waals surface area (Å²) < 4.78 is 0. The Bertz CT molecular complexity index is 312. The molecule has 2 amide bonds. The van der Waals surface area contributed by atoms with Crippen molar-refractivity contribution >= 4 is 11.8 Å². The molecule has 0 saturated heterocycles. The minimum absolute atomic E-state index is 0.112. The van der Waals surface area contributed by atoms with E-state index in [1.54, 1.807) is 9.80 Å². The number of nitrogens with zero attached hydrogens (tertiary/aromatic N) is 2. The van der Waals surface area contributed by atoms with Crippen LogP contribution in [0.3, 0.4) is 0 Å². The van der Waals surface area contributed by atoms with Crippen LogP contribution >= 0.6 is 0 Å². The largest absolute Gasteiger partial charge is 0.345 e. The van der Waals surface area contributed by atoms with E-state index in [1.807, 2.05) is 21.0 Å². The van der Waals surface area contributed by atoms with E-state index in [-0.39, 0.29) is 23.7 Å². The minimum Gasteiger partial charge on any atom is -0.345 e. The third-order valence-corrected chi connectivity index (χ3v) is 3.90. The van der Waals surface area contributed by atoms with Crippen LogP contribution in [0.1, 0.15) is 59.8 Å². The number of carbonyl (C=O) groups is 2. The average molecular weight is 298 g/mol. The Morgan fingerprint density at radius 1 is 0.857 bits per heavy atom. The van der Waals surface area contributed by atoms with Crippen molar-refractivity contribution in [3.05, 3.63) is 0 Å². The van der Waals surface area contributed by atoms with Crippen LogP contribution in [0.25, 0.3) is 0 Å². The van der Waals surface area contributed by atoms with Gasteiger partial charge in [-0.2, -0.15) is 0 Å². The predicted octanol–water partition coefficient (Wildman–Crippen LogP) is 3.17. The second kappa shape index (κ2) is 10.6. The van der Waals surface area contributed by atoms with E-state index in [2.05, 4.69) is 20.8 Å². The standard InChI is InChI=1S/C17H34N2O2/c1-7-10-15(11-8-2)17(21)19(6)13-14(4)16(20)18(5)12-9-3/h14-15H,7-13H2,1-6H3. The SMILES string of the molecule is CCCC(CCC)C(=O)N(C)CC(C)C(=O)N(C)CCC. The number of hydrogen-bond acceptors (Lipinski definition) is 2. The molecule has 4 nitrogen and oxygen atoms in total. The molecule has 1 atom stereocenters. The molecule has 0 spiro atoms. The Balaban J connectivity index is 4.53. The van der Waals surface area contributed by atoms with Crippen LogP contribution in [0, 0.1) is 11.8 Å². The lowest BCUT2D eigenvalue weighted by Crippen LogP contribution is -2.41. The maximum atomic E-state index is 12.5. The normalized spacial score (nSPS) is 12.3. The van der Waals surface area contributed by atoms with E-state index in [9.17, 15) is 9.59 Å². The first-order valence-corrected chi connectivity index (χ1v) is 8.38. The fraction of sp³-hybridized carbons (Fsp3) is 0.882. The molecule has 0 aliphatic rings. The summed E-state index contributed by atoms with van der Waals surface area (Å²) >= 11 is 0. The number of amides is 2. The quantitative estimate of drug-likeness (QED) is 0.621. The topological polar surface area (TPSA) is 40.6 Å². The Morgan fingerprint density at radius 3 is 1.81 bits per heavy atom. The molecule has 0 radical (unpaired) electrons. The molecule has 0 fully saturated rings. The van der Waals surface area contributed by atoms with Gasteiger partial charge in [0, 0.05) is 33.1 Å². The van der Waals surface area contributed by atoms with Crippen LogP contribution in [0.2, 0.25) is 0 Å². The minimum atomic E-state index is -0.139. The fourth-order valence-corrected chi connectivity index (χ4v) is 2.80. The van der Waals surface area contributed by atoms with Gasteiger partial charge in [-0.15, -0.1) is 0 Å². The second-order valence-corrected chi connectivity index (χ2v) is 6.15. The fourth-order valence-electron chi connectivity index (χ4n) is 2.80. The maximum absolute atomic E-state index is 12.5. The van der Waals surface area contributed by atoms with Crippen LogP contribution < -0.4 is 0 Å². The van der Waals surface area contributed by atoms with E-state index < -0.39 is 0 Å². The van der Waals surface area contributed by atoms with Crippen molar-refractivity contribution in [2.75, 3.05) is 27.2 Å². The smallest absolute Gasteiger partial charge is 0.226 e. The lowest BCUT2D eigenvalue weighted by molar-refractivity contribution is -0.138. The van der Waals surface area contributed by atoms with Crippen molar-refractivity contribution < 1.29 is 9.59 Å². The third kappa shape index (κ3) is 6.96. The van der Waals surface area contributed by atoms with E-state index in [0.29, 0.717) is 6.54 Å². The molecule has 21 heavy (non-hydrogen) atoms. The van der Waals surface area contributed by atoms with Crippen molar-refractivity contribution in [3.63, 3.8) is 0 Å². The van der Waals surface area contributed by atoms with E-state index >= 15 is 0 Å². The Hall–Kier alpha value is -1.06. The summed E-state index contributed by atoms with van der Waals surface area (Å²) in [6, 6.07) is 0. The number of rotatable bonds is 10. The van der Waals surface area contributed by atoms with E-state index in [4.69, 9.17) is 0 Å². The Labute approximate surface area is 130 Å². The van der Waals surface area contributed by atoms with Crippen molar-refractivity contribution in [1.29, 1.82) is 0 Å². The van der Waals surface area contributed by atoms with Gasteiger partial charge in [0.1, 0.15) is 0 Å². The summed E-state index contributed by atoms with van der Waals surface area (Å²) in [5.41, 5.74) is 0. The average Bonchev–Trinajstić information content (AvgIpc) is 2.45. The first-order chi connectivity index (χ1) is 9.88. The third-order valence-electron chi connectivity index (χ3n) is 3.90. The maximum Gasteiger partial charge on any atom is 0.226 e. The van der Waals surface area contributed by atoms with Crippen LogP contribution in [0.15, 0.2) is 0 Å². The van der Waals surface area contributed by atoms with Crippen molar-refractivity contribution in [2.45, 2.75) is 59.8 Å². The molecule has 0 aromatic carbocycles. The molecule has 0 aromatic rings. The van der Waals surface area contributed by atoms with Crippen LogP contribution in [0.4, 0.5) is 0 Å². The van der Waals surface area contributed by atoms with Gasteiger partial charge in [0.25, 0.3) is 0 Å². The second-order valence-electron chi connectivity index (χ2n) is 6.15. The van der Waals surface area contributed by atoms with Gasteiger partial charge >= 0.3 is 0 Å². The van der Waals surface area contributed by atoms with E-state index in [1.165, 1.54) is 0 Å². The summed E-state index contributed by atoms with van der Waals surface area (Å²) in [5.74, 6) is 0.288. The first kappa shape index (κ1) is 19.9. The summed E-state index contributed by atoms with van der Waals surface area (Å²) in [7, 11) is 3.66. The Morgan fingerprint density at radius 2 is 1.38 bits per heavy atom. The predicted molar refractivity (Wildman–Crippen MR) is 88.0 cm³/mol. The van der Waals surface area contributed by atoms with Gasteiger partial charge in [-0.3, -0.25) is 9.59 Å². The molecule has 0 rings (SSSR count). The highest BCUT2D eigenvalue weighted by atomic mass is 16.2. The van der Waals surface area contributed by atoms with Gasteiger partial charge in [0.15, 0.2) is 0 Å². The summed E-state index contributed by atoms with van der Waals surface area (Å²) in [4.78, 5) is 28.2. The van der Waals surface area contributed by atoms with Crippen molar-refractivity contribution in [3.8, 4) is 0 Å². The van der Waals surface area contributed by atoms with Gasteiger partial charge in [0.05, 0.1) is 5.92 Å². The van der Waals surface area contributed by atoms with Crippen molar-refractivity contribution in [2.24, 2.45) is 11.8 Å². The monoisotopic (exact) mass is 298 g/mol. The highest BCUT2D eigenvalue weighted by Crippen LogP contribution is 2.17. The van der Waals surface area contributed by atoms with Gasteiger partial charge in [0.2, 0.25) is 11.8 Å². The molecule has 0 aliphatic carbocycles. The van der Waals surface area contributed by atoms with Crippen LogP contribution in [-0.2, 0) is 9.59 Å². The molecule has 124 valence electrons. The van der Waals surface area contributed by atoms with Crippen molar-refractivity contribution in [1.82, 2.24) is 9.80 Å². The summed E-state index contributed by atoms with van der Waals surface area (Å²) in [6.45, 7) is 9.48. The molecule has 0 aliphatic heterocycles. The van der Waals surface area contributed by atoms with Crippen LogP contribution in [-0.4, -0.2) is 48.8 Å². The highest BCUT2D eigenvalue weighted by molar-refractivity contribution is 5.81. The van der Waals surface area contributed by atoms with Crippen LogP contribution in [0.5, 0.6) is 0 Å². The first-order valence-electron chi connectivity index (χ1n) is 8.38. The molecule has 1 unspecified atom stereocenters. The molecule has 0 bridgehead atoms.